The lowest BCUT2D eigenvalue weighted by Crippen LogP contribution is -2.28. The van der Waals surface area contributed by atoms with Crippen molar-refractivity contribution < 1.29 is 4.79 Å². The Kier molecular flexibility index (Phi) is 3.96. The Balaban J connectivity index is 2.40. The number of aryl methyl sites for hydroxylation is 2. The predicted molar refractivity (Wildman–Crippen MR) is 72.9 cm³/mol. The molecule has 0 aliphatic heterocycles. The van der Waals surface area contributed by atoms with Crippen LogP contribution in [0.3, 0.4) is 0 Å². The molecule has 4 nitrogen and oxygen atoms in total. The Morgan fingerprint density at radius 1 is 1.53 bits per heavy atom. The van der Waals surface area contributed by atoms with Crippen molar-refractivity contribution in [3.8, 4) is 6.07 Å². The summed E-state index contributed by atoms with van der Waals surface area (Å²) in [6, 6.07) is 2.23. The zero-order chi connectivity index (χ0) is 14.0. The van der Waals surface area contributed by atoms with Gasteiger partial charge in [0, 0.05) is 19.4 Å². The highest BCUT2D eigenvalue weighted by molar-refractivity contribution is 6.32. The van der Waals surface area contributed by atoms with Crippen LogP contribution in [0.1, 0.15) is 44.5 Å². The third kappa shape index (κ3) is 2.28. The second-order valence-electron chi connectivity index (χ2n) is 5.02. The summed E-state index contributed by atoms with van der Waals surface area (Å²) in [5, 5.41) is 14.5. The first-order valence-corrected chi connectivity index (χ1v) is 7.14. The monoisotopic (exact) mass is 279 g/mol. The van der Waals surface area contributed by atoms with Crippen molar-refractivity contribution in [1.29, 1.82) is 5.26 Å². The first kappa shape index (κ1) is 14.1. The average molecular weight is 280 g/mol. The molecule has 1 heterocycles. The maximum atomic E-state index is 12.0. The summed E-state index contributed by atoms with van der Waals surface area (Å²) in [6.45, 7) is 4.69. The van der Waals surface area contributed by atoms with E-state index in [-0.39, 0.29) is 5.78 Å². The van der Waals surface area contributed by atoms with Gasteiger partial charge in [-0.1, -0.05) is 18.5 Å². The summed E-state index contributed by atoms with van der Waals surface area (Å²) >= 11 is 6.35. The van der Waals surface area contributed by atoms with Gasteiger partial charge in [0.25, 0.3) is 0 Å². The van der Waals surface area contributed by atoms with Crippen molar-refractivity contribution in [2.75, 3.05) is 0 Å². The van der Waals surface area contributed by atoms with Crippen molar-refractivity contribution >= 4 is 17.4 Å². The second kappa shape index (κ2) is 5.34. The third-order valence-electron chi connectivity index (χ3n) is 3.92. The van der Waals surface area contributed by atoms with Gasteiger partial charge in [0.15, 0.2) is 5.78 Å². The van der Waals surface area contributed by atoms with E-state index in [1.165, 1.54) is 0 Å². The normalized spacial score (nSPS) is 22.7. The standard InChI is InChI=1S/C14H18ClN3O/c1-3-10-13(15)11(18(4-2)17-10)8-14(9-16)7-5-6-12(14)19/h3-8H2,1-2H3. The molecule has 0 spiro atoms. The minimum absolute atomic E-state index is 0.0490. The van der Waals surface area contributed by atoms with Gasteiger partial charge in [-0.15, -0.1) is 0 Å². The van der Waals surface area contributed by atoms with Crippen LogP contribution >= 0.6 is 11.6 Å². The summed E-state index contributed by atoms with van der Waals surface area (Å²) in [5.74, 6) is 0.0490. The van der Waals surface area contributed by atoms with Crippen molar-refractivity contribution in [3.05, 3.63) is 16.4 Å². The lowest BCUT2D eigenvalue weighted by molar-refractivity contribution is -0.123. The first-order valence-electron chi connectivity index (χ1n) is 6.76. The zero-order valence-corrected chi connectivity index (χ0v) is 12.1. The van der Waals surface area contributed by atoms with Gasteiger partial charge in [0.05, 0.1) is 22.5 Å². The summed E-state index contributed by atoms with van der Waals surface area (Å²) in [7, 11) is 0. The topological polar surface area (TPSA) is 58.7 Å². The summed E-state index contributed by atoms with van der Waals surface area (Å²) in [5.41, 5.74) is 0.789. The smallest absolute Gasteiger partial charge is 0.153 e. The maximum Gasteiger partial charge on any atom is 0.153 e. The third-order valence-corrected chi connectivity index (χ3v) is 4.35. The molecule has 1 aliphatic carbocycles. The number of hydrogen-bond acceptors (Lipinski definition) is 3. The molecule has 0 amide bonds. The number of hydrogen-bond donors (Lipinski definition) is 0. The van der Waals surface area contributed by atoms with Crippen LogP contribution in [0.5, 0.6) is 0 Å². The molecule has 2 rings (SSSR count). The van der Waals surface area contributed by atoms with Gasteiger partial charge in [-0.25, -0.2) is 0 Å². The highest BCUT2D eigenvalue weighted by Gasteiger charge is 2.43. The van der Waals surface area contributed by atoms with E-state index in [9.17, 15) is 10.1 Å². The molecule has 0 N–H and O–H groups in total. The molecular formula is C14H18ClN3O. The predicted octanol–water partition coefficient (Wildman–Crippen LogP) is 2.92. The van der Waals surface area contributed by atoms with E-state index >= 15 is 0 Å². The molecule has 1 fully saturated rings. The van der Waals surface area contributed by atoms with Crippen molar-refractivity contribution in [2.45, 2.75) is 52.5 Å². The lowest BCUT2D eigenvalue weighted by Gasteiger charge is -2.19. The van der Waals surface area contributed by atoms with Gasteiger partial charge in [0.2, 0.25) is 0 Å². The Hall–Kier alpha value is -1.34. The maximum absolute atomic E-state index is 12.0. The van der Waals surface area contributed by atoms with E-state index in [1.54, 1.807) is 0 Å². The Bertz CT molecular complexity index is 544. The van der Waals surface area contributed by atoms with Gasteiger partial charge in [0.1, 0.15) is 5.41 Å². The summed E-state index contributed by atoms with van der Waals surface area (Å²) in [4.78, 5) is 12.0. The molecule has 1 aromatic heterocycles. The van der Waals surface area contributed by atoms with E-state index in [0.717, 1.165) is 24.2 Å². The fourth-order valence-electron chi connectivity index (χ4n) is 2.75. The van der Waals surface area contributed by atoms with Crippen molar-refractivity contribution in [2.24, 2.45) is 5.41 Å². The molecule has 1 atom stereocenters. The molecule has 0 saturated heterocycles. The van der Waals surface area contributed by atoms with Gasteiger partial charge in [-0.3, -0.25) is 9.48 Å². The van der Waals surface area contributed by atoms with Gasteiger partial charge >= 0.3 is 0 Å². The molecule has 102 valence electrons. The van der Waals surface area contributed by atoms with Crippen LogP contribution in [0.2, 0.25) is 5.02 Å². The molecule has 1 unspecified atom stereocenters. The van der Waals surface area contributed by atoms with Crippen LogP contribution in [0.4, 0.5) is 0 Å². The minimum atomic E-state index is -0.887. The van der Waals surface area contributed by atoms with Crippen LogP contribution < -0.4 is 0 Å². The number of rotatable bonds is 4. The van der Waals surface area contributed by atoms with E-state index in [1.807, 2.05) is 18.5 Å². The van der Waals surface area contributed by atoms with Crippen LogP contribution in [0.15, 0.2) is 0 Å². The van der Waals surface area contributed by atoms with E-state index in [4.69, 9.17) is 11.6 Å². The number of halogens is 1. The highest BCUT2D eigenvalue weighted by atomic mass is 35.5. The molecule has 0 radical (unpaired) electrons. The molecule has 0 bridgehead atoms. The van der Waals surface area contributed by atoms with E-state index < -0.39 is 5.41 Å². The van der Waals surface area contributed by atoms with Crippen LogP contribution in [0, 0.1) is 16.7 Å². The molecule has 19 heavy (non-hydrogen) atoms. The number of Topliss-reactive ketones (excluding diaryl/α,β-unsaturated/α-hetero) is 1. The number of carbonyl (C=O) groups is 1. The molecule has 5 heteroatoms. The van der Waals surface area contributed by atoms with Crippen molar-refractivity contribution in [3.63, 3.8) is 0 Å². The summed E-state index contributed by atoms with van der Waals surface area (Å²) in [6.07, 6.45) is 3.08. The van der Waals surface area contributed by atoms with Gasteiger partial charge < -0.3 is 0 Å². The van der Waals surface area contributed by atoms with Crippen LogP contribution in [0.25, 0.3) is 0 Å². The Morgan fingerprint density at radius 3 is 2.74 bits per heavy atom. The SMILES string of the molecule is CCc1nn(CC)c(CC2(C#N)CCCC2=O)c1Cl. The first-order chi connectivity index (χ1) is 9.07. The second-order valence-corrected chi connectivity index (χ2v) is 5.40. The molecule has 0 aromatic carbocycles. The lowest BCUT2D eigenvalue weighted by atomic mass is 9.82. The van der Waals surface area contributed by atoms with Crippen molar-refractivity contribution in [1.82, 2.24) is 9.78 Å². The quantitative estimate of drug-likeness (QED) is 0.851. The van der Waals surface area contributed by atoms with Gasteiger partial charge in [-0.2, -0.15) is 10.4 Å². The number of nitrogens with zero attached hydrogens (tertiary/aromatic N) is 3. The van der Waals surface area contributed by atoms with Crippen LogP contribution in [-0.2, 0) is 24.2 Å². The molecule has 1 saturated carbocycles. The number of nitriles is 1. The summed E-state index contributed by atoms with van der Waals surface area (Å²) < 4.78 is 1.83. The highest BCUT2D eigenvalue weighted by Crippen LogP contribution is 2.39. The zero-order valence-electron chi connectivity index (χ0n) is 11.4. The number of ketones is 1. The van der Waals surface area contributed by atoms with Gasteiger partial charge in [-0.05, 0) is 26.2 Å². The number of aromatic nitrogens is 2. The fourth-order valence-corrected chi connectivity index (χ4v) is 3.08. The number of carbonyl (C=O) groups excluding carboxylic acids is 1. The van der Waals surface area contributed by atoms with E-state index in [2.05, 4.69) is 11.2 Å². The molecule has 1 aromatic rings. The minimum Gasteiger partial charge on any atom is -0.298 e. The van der Waals surface area contributed by atoms with Crippen LogP contribution in [-0.4, -0.2) is 15.6 Å². The average Bonchev–Trinajstić information content (AvgIpc) is 2.93. The molecular weight excluding hydrogens is 262 g/mol. The fraction of sp³-hybridized carbons (Fsp3) is 0.643. The molecule has 1 aliphatic rings. The Morgan fingerprint density at radius 2 is 2.26 bits per heavy atom. The Labute approximate surface area is 118 Å². The van der Waals surface area contributed by atoms with E-state index in [0.29, 0.717) is 30.8 Å². The largest absolute Gasteiger partial charge is 0.298 e.